The largest absolute Gasteiger partial charge is 0.330 e. The van der Waals surface area contributed by atoms with Crippen molar-refractivity contribution in [2.45, 2.75) is 70.5 Å². The minimum atomic E-state index is 0.729. The quantitative estimate of drug-likeness (QED) is 0.848. The molecule has 1 saturated carbocycles. The molecule has 1 heterocycles. The summed E-state index contributed by atoms with van der Waals surface area (Å²) in [6, 6.07) is 2.27. The number of likely N-dealkylation sites (tertiary alicyclic amines) is 1. The molecular formula is C16H33N3. The lowest BCUT2D eigenvalue weighted by Gasteiger charge is -2.47. The number of nitrogens with zero attached hydrogens (tertiary/aromatic N) is 2. The number of hydrogen-bond acceptors (Lipinski definition) is 3. The zero-order valence-corrected chi connectivity index (χ0v) is 13.1. The lowest BCUT2D eigenvalue weighted by atomic mass is 9.82. The highest BCUT2D eigenvalue weighted by Gasteiger charge is 2.34. The summed E-state index contributed by atoms with van der Waals surface area (Å²) in [6.45, 7) is 8.04. The van der Waals surface area contributed by atoms with Crippen LogP contribution in [0.4, 0.5) is 0 Å². The first kappa shape index (κ1) is 15.3. The van der Waals surface area contributed by atoms with Gasteiger partial charge in [-0.05, 0) is 65.2 Å². The third-order valence-electron chi connectivity index (χ3n) is 5.61. The minimum Gasteiger partial charge on any atom is -0.330 e. The molecule has 112 valence electrons. The molecule has 0 radical (unpaired) electrons. The van der Waals surface area contributed by atoms with Gasteiger partial charge in [0.2, 0.25) is 0 Å². The van der Waals surface area contributed by atoms with E-state index < -0.39 is 0 Å². The Hall–Kier alpha value is -0.120. The highest BCUT2D eigenvalue weighted by Crippen LogP contribution is 2.32. The molecule has 4 atom stereocenters. The maximum atomic E-state index is 6.03. The Bertz CT molecular complexity index is 269. The van der Waals surface area contributed by atoms with E-state index in [2.05, 4.69) is 30.7 Å². The number of piperidine rings is 1. The molecule has 0 spiro atoms. The summed E-state index contributed by atoms with van der Waals surface area (Å²) in [7, 11) is 2.26. The molecule has 1 aliphatic heterocycles. The first-order valence-corrected chi connectivity index (χ1v) is 8.33. The van der Waals surface area contributed by atoms with Crippen molar-refractivity contribution in [2.24, 2.45) is 11.7 Å². The fraction of sp³-hybridized carbons (Fsp3) is 1.00. The van der Waals surface area contributed by atoms with E-state index in [-0.39, 0.29) is 0 Å². The molecule has 0 amide bonds. The summed E-state index contributed by atoms with van der Waals surface area (Å²) in [4.78, 5) is 5.31. The van der Waals surface area contributed by atoms with E-state index in [0.717, 1.165) is 30.6 Å². The van der Waals surface area contributed by atoms with Gasteiger partial charge in [-0.2, -0.15) is 0 Å². The van der Waals surface area contributed by atoms with E-state index in [0.29, 0.717) is 0 Å². The molecule has 2 aliphatic rings. The van der Waals surface area contributed by atoms with Gasteiger partial charge >= 0.3 is 0 Å². The number of hydrogen-bond donors (Lipinski definition) is 1. The van der Waals surface area contributed by atoms with Crippen LogP contribution in [0.3, 0.4) is 0 Å². The molecule has 1 aliphatic carbocycles. The SMILES string of the molecule is CCN(C1CCN(C)C(C)C1)C1CCCCC1CN. The van der Waals surface area contributed by atoms with Crippen LogP contribution in [0, 0.1) is 5.92 Å². The Morgan fingerprint density at radius 1 is 1.21 bits per heavy atom. The maximum Gasteiger partial charge on any atom is 0.0138 e. The van der Waals surface area contributed by atoms with Crippen molar-refractivity contribution < 1.29 is 0 Å². The van der Waals surface area contributed by atoms with Crippen LogP contribution in [0.2, 0.25) is 0 Å². The highest BCUT2D eigenvalue weighted by molar-refractivity contribution is 4.90. The molecule has 1 saturated heterocycles. The van der Waals surface area contributed by atoms with Gasteiger partial charge in [0, 0.05) is 18.1 Å². The second-order valence-electron chi connectivity index (χ2n) is 6.69. The second kappa shape index (κ2) is 7.05. The first-order chi connectivity index (χ1) is 9.17. The molecule has 2 rings (SSSR count). The summed E-state index contributed by atoms with van der Waals surface area (Å²) in [6.07, 6.45) is 8.18. The van der Waals surface area contributed by atoms with E-state index >= 15 is 0 Å². The van der Waals surface area contributed by atoms with Gasteiger partial charge < -0.3 is 10.6 Å². The van der Waals surface area contributed by atoms with Gasteiger partial charge in [0.1, 0.15) is 0 Å². The van der Waals surface area contributed by atoms with Crippen LogP contribution in [0.5, 0.6) is 0 Å². The van der Waals surface area contributed by atoms with Gasteiger partial charge in [0.15, 0.2) is 0 Å². The molecule has 2 N–H and O–H groups in total. The Kier molecular flexibility index (Phi) is 5.67. The Morgan fingerprint density at radius 3 is 2.58 bits per heavy atom. The number of rotatable bonds is 4. The van der Waals surface area contributed by atoms with Gasteiger partial charge in [-0.15, -0.1) is 0 Å². The van der Waals surface area contributed by atoms with Crippen molar-refractivity contribution in [3.8, 4) is 0 Å². The lowest BCUT2D eigenvalue weighted by molar-refractivity contribution is 0.0260. The van der Waals surface area contributed by atoms with Crippen LogP contribution in [0.15, 0.2) is 0 Å². The highest BCUT2D eigenvalue weighted by atomic mass is 15.2. The van der Waals surface area contributed by atoms with Crippen LogP contribution in [0.25, 0.3) is 0 Å². The predicted octanol–water partition coefficient (Wildman–Crippen LogP) is 2.31. The predicted molar refractivity (Wildman–Crippen MR) is 82.3 cm³/mol. The molecule has 3 heteroatoms. The molecule has 3 nitrogen and oxygen atoms in total. The van der Waals surface area contributed by atoms with Crippen molar-refractivity contribution >= 4 is 0 Å². The van der Waals surface area contributed by atoms with Gasteiger partial charge in [0.05, 0.1) is 0 Å². The van der Waals surface area contributed by atoms with Crippen molar-refractivity contribution in [3.63, 3.8) is 0 Å². The summed E-state index contributed by atoms with van der Waals surface area (Å²) in [5.74, 6) is 0.740. The lowest BCUT2D eigenvalue weighted by Crippen LogP contribution is -2.54. The Morgan fingerprint density at radius 2 is 1.95 bits per heavy atom. The maximum absolute atomic E-state index is 6.03. The van der Waals surface area contributed by atoms with Crippen molar-refractivity contribution in [1.29, 1.82) is 0 Å². The van der Waals surface area contributed by atoms with Crippen LogP contribution in [-0.4, -0.2) is 54.6 Å². The van der Waals surface area contributed by atoms with Crippen molar-refractivity contribution in [3.05, 3.63) is 0 Å². The molecule has 0 aromatic heterocycles. The van der Waals surface area contributed by atoms with Crippen molar-refractivity contribution in [1.82, 2.24) is 9.80 Å². The van der Waals surface area contributed by atoms with E-state index in [1.165, 1.54) is 51.6 Å². The van der Waals surface area contributed by atoms with E-state index in [1.54, 1.807) is 0 Å². The fourth-order valence-electron chi connectivity index (χ4n) is 4.23. The second-order valence-corrected chi connectivity index (χ2v) is 6.69. The first-order valence-electron chi connectivity index (χ1n) is 8.33. The Labute approximate surface area is 119 Å². The molecule has 0 aromatic carbocycles. The summed E-state index contributed by atoms with van der Waals surface area (Å²) in [5, 5.41) is 0. The van der Waals surface area contributed by atoms with Gasteiger partial charge in [-0.25, -0.2) is 0 Å². The molecule has 2 fully saturated rings. The van der Waals surface area contributed by atoms with Crippen LogP contribution >= 0.6 is 0 Å². The molecule has 0 bridgehead atoms. The standard InChI is InChI=1S/C16H33N3/c1-4-19(15-9-10-18(3)13(2)11-15)16-8-6-5-7-14(16)12-17/h13-16H,4-12,17H2,1-3H3. The number of nitrogens with two attached hydrogens (primary N) is 1. The van der Waals surface area contributed by atoms with Gasteiger partial charge in [-0.1, -0.05) is 19.8 Å². The summed E-state index contributed by atoms with van der Waals surface area (Å²) >= 11 is 0. The van der Waals surface area contributed by atoms with Gasteiger partial charge in [0.25, 0.3) is 0 Å². The summed E-state index contributed by atoms with van der Waals surface area (Å²) in [5.41, 5.74) is 6.03. The monoisotopic (exact) mass is 267 g/mol. The van der Waals surface area contributed by atoms with Gasteiger partial charge in [-0.3, -0.25) is 4.90 Å². The van der Waals surface area contributed by atoms with E-state index in [1.807, 2.05) is 0 Å². The van der Waals surface area contributed by atoms with Crippen LogP contribution in [0.1, 0.15) is 52.4 Å². The molecule has 4 unspecified atom stereocenters. The Balaban J connectivity index is 2.01. The third kappa shape index (κ3) is 3.50. The average Bonchev–Trinajstić information content (AvgIpc) is 2.44. The zero-order chi connectivity index (χ0) is 13.8. The molecule has 0 aromatic rings. The minimum absolute atomic E-state index is 0.729. The van der Waals surface area contributed by atoms with E-state index in [4.69, 9.17) is 5.73 Å². The van der Waals surface area contributed by atoms with Crippen LogP contribution in [-0.2, 0) is 0 Å². The average molecular weight is 267 g/mol. The smallest absolute Gasteiger partial charge is 0.0138 e. The van der Waals surface area contributed by atoms with Crippen LogP contribution < -0.4 is 5.73 Å². The normalized spacial score (nSPS) is 37.7. The third-order valence-corrected chi connectivity index (χ3v) is 5.61. The zero-order valence-electron chi connectivity index (χ0n) is 13.1. The molecule has 19 heavy (non-hydrogen) atoms. The molecular weight excluding hydrogens is 234 g/mol. The topological polar surface area (TPSA) is 32.5 Å². The fourth-order valence-corrected chi connectivity index (χ4v) is 4.23. The summed E-state index contributed by atoms with van der Waals surface area (Å²) < 4.78 is 0. The van der Waals surface area contributed by atoms with Crippen molar-refractivity contribution in [2.75, 3.05) is 26.7 Å². The van der Waals surface area contributed by atoms with E-state index in [9.17, 15) is 0 Å².